The highest BCUT2D eigenvalue weighted by molar-refractivity contribution is 8.01. The van der Waals surface area contributed by atoms with Gasteiger partial charge < -0.3 is 4.74 Å². The SMILES string of the molecule is Bc1nnc(SC(C)(C)C(=O)OCC)n1-c1ccc(C2CC2)c2ccccc12. The Morgan fingerprint density at radius 3 is 2.61 bits per heavy atom. The zero-order valence-electron chi connectivity index (χ0n) is 16.7. The molecule has 3 aromatic rings. The number of carbonyl (C=O) groups excluding carboxylic acids is 1. The highest BCUT2D eigenvalue weighted by atomic mass is 32.2. The van der Waals surface area contributed by atoms with Gasteiger partial charge in [-0.25, -0.2) is 0 Å². The Kier molecular flexibility index (Phi) is 4.95. The van der Waals surface area contributed by atoms with Gasteiger partial charge in [-0.2, -0.15) is 0 Å². The Bertz CT molecular complexity index is 1040. The van der Waals surface area contributed by atoms with Gasteiger partial charge in [0.05, 0.1) is 18.0 Å². The van der Waals surface area contributed by atoms with Gasteiger partial charge in [-0.05, 0) is 56.5 Å². The van der Waals surface area contributed by atoms with Crippen LogP contribution in [0.15, 0.2) is 41.6 Å². The topological polar surface area (TPSA) is 57.0 Å². The average Bonchev–Trinajstić information content (AvgIpc) is 3.45. The standard InChI is InChI=1S/C21H24BN3O2S/c1-4-27-18(26)21(2,3)28-20-24-23-19(22)25(20)17-12-11-14(13-9-10-13)15-7-5-6-8-16(15)17/h5-8,11-13H,4,9-10,22H2,1-3H3. The molecule has 0 N–H and O–H groups in total. The predicted octanol–water partition coefficient (Wildman–Crippen LogP) is 2.99. The molecular weight excluding hydrogens is 369 g/mol. The molecule has 0 saturated heterocycles. The molecule has 1 aromatic heterocycles. The fraction of sp³-hybridized carbons (Fsp3) is 0.381. The first-order valence-electron chi connectivity index (χ1n) is 9.72. The van der Waals surface area contributed by atoms with Crippen LogP contribution in [0.2, 0.25) is 0 Å². The van der Waals surface area contributed by atoms with Crippen LogP contribution in [0.3, 0.4) is 0 Å². The number of fused-ring (bicyclic) bond motifs is 1. The van der Waals surface area contributed by atoms with Crippen molar-refractivity contribution < 1.29 is 9.53 Å². The lowest BCUT2D eigenvalue weighted by Crippen LogP contribution is -2.31. The van der Waals surface area contributed by atoms with E-state index in [1.54, 1.807) is 0 Å². The van der Waals surface area contributed by atoms with Crippen molar-refractivity contribution in [2.45, 2.75) is 49.4 Å². The maximum Gasteiger partial charge on any atom is 0.322 e. The van der Waals surface area contributed by atoms with Crippen LogP contribution in [0.1, 0.15) is 45.1 Å². The number of esters is 1. The van der Waals surface area contributed by atoms with E-state index < -0.39 is 4.75 Å². The minimum Gasteiger partial charge on any atom is -0.465 e. The van der Waals surface area contributed by atoms with Crippen LogP contribution in [-0.4, -0.2) is 39.9 Å². The van der Waals surface area contributed by atoms with E-state index in [1.165, 1.54) is 40.9 Å². The molecule has 0 radical (unpaired) electrons. The van der Waals surface area contributed by atoms with Gasteiger partial charge in [0.2, 0.25) is 0 Å². The van der Waals surface area contributed by atoms with Crippen molar-refractivity contribution in [2.24, 2.45) is 0 Å². The number of nitrogens with zero attached hydrogens (tertiary/aromatic N) is 3. The number of thioether (sulfide) groups is 1. The van der Waals surface area contributed by atoms with Crippen molar-refractivity contribution in [2.75, 3.05) is 6.61 Å². The third-order valence-electron chi connectivity index (χ3n) is 5.10. The van der Waals surface area contributed by atoms with Crippen molar-refractivity contribution in [3.8, 4) is 5.69 Å². The van der Waals surface area contributed by atoms with Crippen LogP contribution >= 0.6 is 11.8 Å². The van der Waals surface area contributed by atoms with Crippen molar-refractivity contribution in [1.82, 2.24) is 14.8 Å². The third-order valence-corrected chi connectivity index (χ3v) is 6.23. The summed E-state index contributed by atoms with van der Waals surface area (Å²) >= 11 is 1.38. The minimum absolute atomic E-state index is 0.249. The lowest BCUT2D eigenvalue weighted by Gasteiger charge is -2.22. The second-order valence-corrected chi connectivity index (χ2v) is 9.28. The van der Waals surface area contributed by atoms with E-state index in [-0.39, 0.29) is 5.97 Å². The highest BCUT2D eigenvalue weighted by Crippen LogP contribution is 2.44. The van der Waals surface area contributed by atoms with Gasteiger partial charge in [-0.1, -0.05) is 42.1 Å². The summed E-state index contributed by atoms with van der Waals surface area (Å²) in [5.41, 5.74) is 3.27. The molecule has 0 unspecified atom stereocenters. The van der Waals surface area contributed by atoms with Crippen LogP contribution in [0.25, 0.3) is 16.5 Å². The molecule has 28 heavy (non-hydrogen) atoms. The Hall–Kier alpha value is -2.28. The van der Waals surface area contributed by atoms with Crippen LogP contribution < -0.4 is 5.72 Å². The Balaban J connectivity index is 1.80. The maximum absolute atomic E-state index is 12.4. The van der Waals surface area contributed by atoms with E-state index in [9.17, 15) is 4.79 Å². The molecule has 144 valence electrons. The van der Waals surface area contributed by atoms with Crippen molar-refractivity contribution in [3.63, 3.8) is 0 Å². The van der Waals surface area contributed by atoms with E-state index in [4.69, 9.17) is 4.74 Å². The second kappa shape index (κ2) is 7.28. The van der Waals surface area contributed by atoms with Crippen LogP contribution in [0.4, 0.5) is 0 Å². The van der Waals surface area contributed by atoms with Gasteiger partial charge in [-0.3, -0.25) is 9.36 Å². The van der Waals surface area contributed by atoms with Crippen molar-refractivity contribution >= 4 is 42.1 Å². The van der Waals surface area contributed by atoms with Gasteiger partial charge in [0.1, 0.15) is 4.75 Å². The molecule has 2 aromatic carbocycles. The highest BCUT2D eigenvalue weighted by Gasteiger charge is 2.33. The normalized spacial score (nSPS) is 14.4. The van der Waals surface area contributed by atoms with E-state index >= 15 is 0 Å². The van der Waals surface area contributed by atoms with Crippen LogP contribution in [0, 0.1) is 0 Å². The molecule has 5 nitrogen and oxygen atoms in total. The van der Waals surface area contributed by atoms with Crippen molar-refractivity contribution in [1.29, 1.82) is 0 Å². The lowest BCUT2D eigenvalue weighted by molar-refractivity contribution is -0.145. The Morgan fingerprint density at radius 2 is 1.93 bits per heavy atom. The summed E-state index contributed by atoms with van der Waals surface area (Å²) in [5.74, 6) is 0.429. The molecule has 1 fully saturated rings. The van der Waals surface area contributed by atoms with E-state index in [2.05, 4.69) is 46.6 Å². The smallest absolute Gasteiger partial charge is 0.322 e. The summed E-state index contributed by atoms with van der Waals surface area (Å²) in [6, 6.07) is 12.9. The first kappa shape index (κ1) is 19.1. The number of rotatable bonds is 6. The molecule has 4 rings (SSSR count). The van der Waals surface area contributed by atoms with Crippen molar-refractivity contribution in [3.05, 3.63) is 42.0 Å². The summed E-state index contributed by atoms with van der Waals surface area (Å²) in [4.78, 5) is 12.4. The number of hydrogen-bond donors (Lipinski definition) is 0. The molecule has 0 spiro atoms. The van der Waals surface area contributed by atoms with Crippen LogP contribution in [0.5, 0.6) is 0 Å². The molecule has 0 aliphatic heterocycles. The summed E-state index contributed by atoms with van der Waals surface area (Å²) < 4.78 is 6.53. The number of ether oxygens (including phenoxy) is 1. The van der Waals surface area contributed by atoms with Crippen LogP contribution in [-0.2, 0) is 9.53 Å². The van der Waals surface area contributed by atoms with Gasteiger partial charge in [-0.15, -0.1) is 10.2 Å². The van der Waals surface area contributed by atoms with Gasteiger partial charge in [0.15, 0.2) is 13.0 Å². The van der Waals surface area contributed by atoms with Gasteiger partial charge in [0.25, 0.3) is 0 Å². The zero-order chi connectivity index (χ0) is 19.9. The molecule has 0 bridgehead atoms. The number of hydrogen-bond acceptors (Lipinski definition) is 5. The first-order valence-corrected chi connectivity index (χ1v) is 10.5. The monoisotopic (exact) mass is 393 g/mol. The molecule has 1 aliphatic carbocycles. The minimum atomic E-state index is -0.753. The number of benzene rings is 2. The summed E-state index contributed by atoms with van der Waals surface area (Å²) in [5, 5.41) is 11.8. The molecule has 1 heterocycles. The molecule has 0 amide bonds. The molecule has 1 aliphatic rings. The predicted molar refractivity (Wildman–Crippen MR) is 116 cm³/mol. The largest absolute Gasteiger partial charge is 0.465 e. The second-order valence-electron chi connectivity index (χ2n) is 7.69. The van der Waals surface area contributed by atoms with Gasteiger partial charge in [0, 0.05) is 5.39 Å². The average molecular weight is 393 g/mol. The fourth-order valence-corrected chi connectivity index (χ4v) is 4.52. The fourth-order valence-electron chi connectivity index (χ4n) is 3.51. The summed E-state index contributed by atoms with van der Waals surface area (Å²) in [6.45, 7) is 5.90. The quantitative estimate of drug-likeness (QED) is 0.366. The Morgan fingerprint density at radius 1 is 1.21 bits per heavy atom. The van der Waals surface area contributed by atoms with E-state index in [0.29, 0.717) is 17.7 Å². The third kappa shape index (κ3) is 3.43. The van der Waals surface area contributed by atoms with E-state index in [1.807, 2.05) is 33.2 Å². The summed E-state index contributed by atoms with van der Waals surface area (Å²) in [7, 11) is 1.94. The zero-order valence-corrected chi connectivity index (χ0v) is 17.5. The Labute approximate surface area is 170 Å². The lowest BCUT2D eigenvalue weighted by atomic mass is 9.99. The number of aromatic nitrogens is 3. The first-order chi connectivity index (χ1) is 13.4. The molecule has 7 heteroatoms. The molecular formula is C21H24BN3O2S. The summed E-state index contributed by atoms with van der Waals surface area (Å²) in [6.07, 6.45) is 2.54. The van der Waals surface area contributed by atoms with Gasteiger partial charge >= 0.3 is 5.97 Å². The maximum atomic E-state index is 12.4. The molecule has 0 atom stereocenters. The van der Waals surface area contributed by atoms with E-state index in [0.717, 1.165) is 11.4 Å². The molecule has 1 saturated carbocycles. The number of carbonyl (C=O) groups is 1.